The molecule has 134 valence electrons. The lowest BCUT2D eigenvalue weighted by molar-refractivity contribution is -0.637. The van der Waals surface area contributed by atoms with Crippen LogP contribution in [0.3, 0.4) is 0 Å². The Labute approximate surface area is 160 Å². The summed E-state index contributed by atoms with van der Waals surface area (Å²) >= 11 is 0. The van der Waals surface area contributed by atoms with E-state index in [2.05, 4.69) is 36.4 Å². The normalized spacial score (nSPS) is 10.7. The van der Waals surface area contributed by atoms with Crippen molar-refractivity contribution in [2.24, 2.45) is 0 Å². The number of carbonyl (C=O) groups is 1. The maximum Gasteiger partial charge on any atom is 0.513 e. The molecule has 4 heteroatoms. The highest BCUT2D eigenvalue weighted by atomic mass is 35.5. The van der Waals surface area contributed by atoms with Gasteiger partial charge >= 0.3 is 6.09 Å². The summed E-state index contributed by atoms with van der Waals surface area (Å²) in [5, 5.41) is 1.69. The molecule has 1 amide bonds. The molecule has 0 fully saturated rings. The molecule has 0 saturated carbocycles. The summed E-state index contributed by atoms with van der Waals surface area (Å²) in [5.74, 6) is 0. The minimum absolute atomic E-state index is 0. The molecular weight excluding hydrogens is 346 g/mol. The first-order valence-corrected chi connectivity index (χ1v) is 8.46. The fraction of sp³-hybridized carbons (Fsp3) is 0.136. The summed E-state index contributed by atoms with van der Waals surface area (Å²) in [4.78, 5) is 12.5. The predicted molar refractivity (Wildman–Crippen MR) is 98.2 cm³/mol. The van der Waals surface area contributed by atoms with Crippen molar-refractivity contribution in [3.05, 3.63) is 108 Å². The molecule has 0 spiro atoms. The first-order chi connectivity index (χ1) is 12.3. The summed E-state index contributed by atoms with van der Waals surface area (Å²) in [7, 11) is 0. The van der Waals surface area contributed by atoms with Gasteiger partial charge in [-0.25, -0.2) is 5.32 Å². The van der Waals surface area contributed by atoms with Gasteiger partial charge in [-0.15, -0.1) is 0 Å². The summed E-state index contributed by atoms with van der Waals surface area (Å²) in [6.45, 7) is 2.17. The number of ether oxygens (including phenoxy) is 1. The standard InChI is InChI=1S/C22H21NO2.ClH/c1-2-25-21(24)23-22(18-12-6-3-7-13-18,19-14-8-4-9-15-19)20-16-10-5-11-17-20;/h3-17H,2H2,1H3,(H,23,24);1H. The number of quaternary nitrogens is 1. The van der Waals surface area contributed by atoms with Gasteiger partial charge in [-0.1, -0.05) is 91.0 Å². The van der Waals surface area contributed by atoms with Crippen LogP contribution in [0.5, 0.6) is 0 Å². The van der Waals surface area contributed by atoms with E-state index in [4.69, 9.17) is 4.74 Å². The van der Waals surface area contributed by atoms with Gasteiger partial charge in [-0.3, -0.25) is 0 Å². The van der Waals surface area contributed by atoms with E-state index in [0.29, 0.717) is 6.61 Å². The average Bonchev–Trinajstić information content (AvgIpc) is 2.68. The van der Waals surface area contributed by atoms with Crippen LogP contribution in [0.2, 0.25) is 0 Å². The van der Waals surface area contributed by atoms with Gasteiger partial charge in [0, 0.05) is 16.7 Å². The van der Waals surface area contributed by atoms with Gasteiger partial charge < -0.3 is 17.1 Å². The molecule has 0 aliphatic rings. The minimum Gasteiger partial charge on any atom is -1.00 e. The smallest absolute Gasteiger partial charge is 0.513 e. The lowest BCUT2D eigenvalue weighted by Crippen LogP contribution is -3.00. The zero-order valence-electron chi connectivity index (χ0n) is 14.6. The third-order valence-corrected chi connectivity index (χ3v) is 4.31. The number of halogens is 1. The van der Waals surface area contributed by atoms with Crippen molar-refractivity contribution in [2.45, 2.75) is 12.5 Å². The van der Waals surface area contributed by atoms with Gasteiger partial charge in [-0.05, 0) is 6.92 Å². The molecule has 3 rings (SSSR count). The SMILES string of the molecule is CCOC(=O)[NH2+]C(c1ccccc1)(c1ccccc1)c1ccccc1.[Cl-]. The molecule has 0 aromatic heterocycles. The van der Waals surface area contributed by atoms with E-state index in [0.717, 1.165) is 16.7 Å². The van der Waals surface area contributed by atoms with Crippen molar-refractivity contribution in [3.8, 4) is 0 Å². The molecule has 0 radical (unpaired) electrons. The Morgan fingerprint density at radius 2 is 1.12 bits per heavy atom. The van der Waals surface area contributed by atoms with Gasteiger partial charge in [0.05, 0.1) is 6.61 Å². The predicted octanol–water partition coefficient (Wildman–Crippen LogP) is 0.702. The van der Waals surface area contributed by atoms with Crippen molar-refractivity contribution in [2.75, 3.05) is 6.61 Å². The summed E-state index contributed by atoms with van der Waals surface area (Å²) in [5.41, 5.74) is 2.39. The van der Waals surface area contributed by atoms with Crippen LogP contribution in [-0.2, 0) is 10.3 Å². The van der Waals surface area contributed by atoms with Gasteiger partial charge in [0.15, 0.2) is 5.54 Å². The maximum atomic E-state index is 12.5. The van der Waals surface area contributed by atoms with Gasteiger partial charge in [-0.2, -0.15) is 4.79 Å². The topological polar surface area (TPSA) is 42.9 Å². The number of primary amides is 1. The molecule has 0 heterocycles. The molecule has 0 aliphatic heterocycles. The van der Waals surface area contributed by atoms with E-state index in [1.165, 1.54) is 0 Å². The Bertz CT molecular complexity index is 711. The van der Waals surface area contributed by atoms with Crippen molar-refractivity contribution >= 4 is 6.09 Å². The van der Waals surface area contributed by atoms with Crippen LogP contribution in [0.1, 0.15) is 23.6 Å². The second-order valence-electron chi connectivity index (χ2n) is 5.80. The van der Waals surface area contributed by atoms with Crippen molar-refractivity contribution in [1.82, 2.24) is 0 Å². The Morgan fingerprint density at radius 1 is 0.769 bits per heavy atom. The van der Waals surface area contributed by atoms with E-state index in [9.17, 15) is 4.79 Å². The Kier molecular flexibility index (Phi) is 6.96. The molecule has 26 heavy (non-hydrogen) atoms. The van der Waals surface area contributed by atoms with Crippen LogP contribution < -0.4 is 17.7 Å². The van der Waals surface area contributed by atoms with Crippen LogP contribution in [0, 0.1) is 0 Å². The first kappa shape index (κ1) is 19.7. The van der Waals surface area contributed by atoms with Crippen LogP contribution in [0.25, 0.3) is 0 Å². The zero-order chi connectivity index (χ0) is 17.5. The second-order valence-corrected chi connectivity index (χ2v) is 5.80. The monoisotopic (exact) mass is 367 g/mol. The van der Waals surface area contributed by atoms with Crippen LogP contribution in [-0.4, -0.2) is 12.7 Å². The molecule has 3 nitrogen and oxygen atoms in total. The molecule has 0 aliphatic carbocycles. The molecule has 0 saturated heterocycles. The lowest BCUT2D eigenvalue weighted by Gasteiger charge is -2.31. The van der Waals surface area contributed by atoms with Crippen LogP contribution in [0.4, 0.5) is 4.79 Å². The van der Waals surface area contributed by atoms with Crippen molar-refractivity contribution in [1.29, 1.82) is 0 Å². The Balaban J connectivity index is 0.00000243. The summed E-state index contributed by atoms with van der Waals surface area (Å²) in [6.07, 6.45) is -0.320. The largest absolute Gasteiger partial charge is 1.00 e. The zero-order valence-corrected chi connectivity index (χ0v) is 15.4. The number of amides is 1. The van der Waals surface area contributed by atoms with Crippen LogP contribution >= 0.6 is 0 Å². The highest BCUT2D eigenvalue weighted by Crippen LogP contribution is 2.32. The lowest BCUT2D eigenvalue weighted by atomic mass is 9.77. The fourth-order valence-electron chi connectivity index (χ4n) is 3.21. The van der Waals surface area contributed by atoms with Crippen molar-refractivity contribution < 1.29 is 27.3 Å². The number of nitrogens with two attached hydrogens (primary N) is 1. The van der Waals surface area contributed by atoms with Gasteiger partial charge in [0.25, 0.3) is 0 Å². The molecule has 3 aromatic rings. The molecule has 0 atom stereocenters. The number of carbonyl (C=O) groups excluding carboxylic acids is 1. The third kappa shape index (κ3) is 3.96. The van der Waals surface area contributed by atoms with Gasteiger partial charge in [0.2, 0.25) is 0 Å². The average molecular weight is 368 g/mol. The maximum absolute atomic E-state index is 12.5. The second kappa shape index (κ2) is 9.18. The molecule has 2 N–H and O–H groups in total. The third-order valence-electron chi connectivity index (χ3n) is 4.31. The molecule has 0 unspecified atom stereocenters. The van der Waals surface area contributed by atoms with E-state index in [1.54, 1.807) is 5.32 Å². The minimum atomic E-state index is -0.698. The summed E-state index contributed by atoms with van der Waals surface area (Å²) < 4.78 is 5.27. The van der Waals surface area contributed by atoms with E-state index >= 15 is 0 Å². The van der Waals surface area contributed by atoms with Gasteiger partial charge in [0.1, 0.15) is 0 Å². The van der Waals surface area contributed by atoms with Crippen molar-refractivity contribution in [3.63, 3.8) is 0 Å². The highest BCUT2D eigenvalue weighted by Gasteiger charge is 2.43. The fourth-order valence-corrected chi connectivity index (χ4v) is 3.21. The molecule has 0 bridgehead atoms. The van der Waals surface area contributed by atoms with E-state index in [-0.39, 0.29) is 18.5 Å². The van der Waals surface area contributed by atoms with E-state index in [1.807, 2.05) is 61.5 Å². The summed E-state index contributed by atoms with van der Waals surface area (Å²) in [6, 6.07) is 30.2. The molecule has 3 aromatic carbocycles. The van der Waals surface area contributed by atoms with E-state index < -0.39 is 5.54 Å². The number of rotatable bonds is 5. The number of hydrogen-bond acceptors (Lipinski definition) is 2. The highest BCUT2D eigenvalue weighted by molar-refractivity contribution is 5.59. The Morgan fingerprint density at radius 3 is 1.42 bits per heavy atom. The van der Waals surface area contributed by atoms with Crippen LogP contribution in [0.15, 0.2) is 91.0 Å². The first-order valence-electron chi connectivity index (χ1n) is 8.46. The molecular formula is C22H22ClNO2. The number of benzene rings is 3. The quantitative estimate of drug-likeness (QED) is 0.675. The Hall–Kier alpha value is -2.62. The number of hydrogen-bond donors (Lipinski definition) is 1.